The first kappa shape index (κ1) is 68.6. The maximum atomic E-state index is 12.7. The van der Waals surface area contributed by atoms with Crippen LogP contribution in [-0.4, -0.2) is 104 Å². The average molecular weight is 988 g/mol. The Hall–Kier alpha value is -1.45. The quantitative estimate of drug-likeness (QED) is 0.0353. The number of carbonyl (C=O) groups is 2. The van der Waals surface area contributed by atoms with Crippen LogP contribution in [-0.2, 0) is 19.1 Å². The topological polar surface area (TPSA) is 99.5 Å². The number of aliphatic hydroxyl groups excluding tert-OH is 2. The number of hydrogen-bond donors (Lipinski definition) is 2. The molecular formula is C61H120BN2O6. The number of ether oxygens (including phenoxy) is 2. The number of nitrogens with zero attached hydrogens (tertiary/aromatic N) is 2. The number of hydrogen-bond acceptors (Lipinski definition) is 8. The van der Waals surface area contributed by atoms with E-state index in [-0.39, 0.29) is 25.2 Å². The van der Waals surface area contributed by atoms with Gasteiger partial charge in [-0.3, -0.25) is 9.59 Å². The van der Waals surface area contributed by atoms with Gasteiger partial charge in [-0.15, -0.1) is 0 Å². The van der Waals surface area contributed by atoms with Crippen molar-refractivity contribution in [2.45, 2.75) is 310 Å². The molecule has 0 bridgehead atoms. The summed E-state index contributed by atoms with van der Waals surface area (Å²) in [4.78, 5) is 30.1. The molecule has 0 saturated carbocycles. The van der Waals surface area contributed by atoms with Crippen molar-refractivity contribution >= 4 is 25.0 Å². The Morgan fingerprint density at radius 3 is 1.11 bits per heavy atom. The second-order valence-electron chi connectivity index (χ2n) is 21.6. The summed E-state index contributed by atoms with van der Waals surface area (Å²) in [7, 11) is 6.48. The summed E-state index contributed by atoms with van der Waals surface area (Å²) in [5, 5.41) is 19.1. The van der Waals surface area contributed by atoms with E-state index in [2.05, 4.69) is 39.5 Å². The van der Waals surface area contributed by atoms with Crippen molar-refractivity contribution in [3.8, 4) is 0 Å². The summed E-state index contributed by atoms with van der Waals surface area (Å²) >= 11 is 0. The molecule has 0 aliphatic heterocycles. The van der Waals surface area contributed by atoms with Gasteiger partial charge in [0.15, 0.2) is 0 Å². The molecule has 2 unspecified atom stereocenters. The molecule has 0 saturated heterocycles. The SMILES string of the molecule is [B]=C(CCCCN(CCCCCCCCC)C(CCCCCCCCC(=O)OCC(CCCC)CCCCCC)CCCCCCCCC(=O)OCC(CCCC)CCCCCC)N(CCO)CCO. The molecule has 8 nitrogen and oxygen atoms in total. The van der Waals surface area contributed by atoms with Crippen molar-refractivity contribution in [2.75, 3.05) is 52.6 Å². The fraction of sp³-hybridized carbons (Fsp3) is 0.951. The van der Waals surface area contributed by atoms with Crippen LogP contribution in [0, 0.1) is 11.8 Å². The van der Waals surface area contributed by atoms with E-state index >= 15 is 0 Å². The van der Waals surface area contributed by atoms with Gasteiger partial charge in [-0.25, -0.2) is 0 Å². The van der Waals surface area contributed by atoms with Gasteiger partial charge in [0, 0.05) is 12.8 Å². The van der Waals surface area contributed by atoms with Gasteiger partial charge >= 0.3 is 206 Å². The Bertz CT molecular complexity index is 1070. The zero-order chi connectivity index (χ0) is 51.4. The minimum atomic E-state index is 0.00161. The van der Waals surface area contributed by atoms with Crippen LogP contribution in [0.3, 0.4) is 0 Å². The Balaban J connectivity index is 5.23. The minimum absolute atomic E-state index is 0.00161. The van der Waals surface area contributed by atoms with E-state index in [0.29, 0.717) is 57.0 Å². The zero-order valence-corrected chi connectivity index (χ0v) is 47.6. The molecule has 413 valence electrons. The van der Waals surface area contributed by atoms with E-state index in [4.69, 9.17) is 17.0 Å². The van der Waals surface area contributed by atoms with Crippen molar-refractivity contribution in [1.29, 1.82) is 0 Å². The number of rotatable bonds is 57. The van der Waals surface area contributed by atoms with E-state index in [9.17, 15) is 19.8 Å². The molecule has 0 aromatic rings. The summed E-state index contributed by atoms with van der Waals surface area (Å²) < 4.78 is 11.6. The van der Waals surface area contributed by atoms with E-state index in [1.54, 1.807) is 0 Å². The van der Waals surface area contributed by atoms with E-state index < -0.39 is 0 Å². The molecular weight excluding hydrogens is 867 g/mol. The van der Waals surface area contributed by atoms with Crippen LogP contribution in [0.2, 0.25) is 0 Å². The fourth-order valence-electron chi connectivity index (χ4n) is 10.3. The third-order valence-corrected chi connectivity index (χ3v) is 15.0. The van der Waals surface area contributed by atoms with Gasteiger partial charge in [-0.1, -0.05) is 137 Å². The van der Waals surface area contributed by atoms with Crippen LogP contribution in [0.4, 0.5) is 0 Å². The van der Waals surface area contributed by atoms with Crippen LogP contribution in [0.25, 0.3) is 0 Å². The van der Waals surface area contributed by atoms with Gasteiger partial charge in [0.05, 0.1) is 13.2 Å². The third-order valence-electron chi connectivity index (χ3n) is 15.0. The molecule has 0 aliphatic carbocycles. The predicted octanol–water partition coefficient (Wildman–Crippen LogP) is 16.0. The standard InChI is InChI=1S/C61H120BN2O6/c1-6-11-16-19-24-29-37-48-63(49-38-36-45-59(62)64(50-52-65)51-53-66)58(43-32-25-20-22-27-34-46-60(67)69-54-56(39-14-9-4)41-30-17-12-7-2)44-33-26-21-23-28-35-47-61(68)70-55-57(40-15-10-5)42-31-18-13-8-3/h56-58,65-66H,6-55H2,1-5H3. The van der Waals surface area contributed by atoms with Crippen LogP contribution in [0.15, 0.2) is 0 Å². The summed E-state index contributed by atoms with van der Waals surface area (Å²) in [6, 6.07) is 0.590. The van der Waals surface area contributed by atoms with Crippen molar-refractivity contribution in [1.82, 2.24) is 9.80 Å². The molecule has 2 atom stereocenters. The monoisotopic (exact) mass is 988 g/mol. The van der Waals surface area contributed by atoms with Gasteiger partial charge in [0.1, 0.15) is 0 Å². The molecule has 0 amide bonds. The first-order chi connectivity index (χ1) is 34.3. The summed E-state index contributed by atoms with van der Waals surface area (Å²) in [6.45, 7) is 15.8. The number of unbranched alkanes of at least 4 members (excludes halogenated alkanes) is 25. The van der Waals surface area contributed by atoms with Crippen LogP contribution in [0.1, 0.15) is 304 Å². The molecule has 0 rings (SSSR count). The molecule has 70 heavy (non-hydrogen) atoms. The second-order valence-corrected chi connectivity index (χ2v) is 21.6. The molecule has 0 aliphatic rings. The van der Waals surface area contributed by atoms with Gasteiger partial charge in [0.25, 0.3) is 0 Å². The van der Waals surface area contributed by atoms with E-state index in [1.165, 1.54) is 218 Å². The maximum absolute atomic E-state index is 12.7. The van der Waals surface area contributed by atoms with Crippen molar-refractivity contribution in [3.63, 3.8) is 0 Å². The normalized spacial score (nSPS) is 12.9. The van der Waals surface area contributed by atoms with Crippen molar-refractivity contribution in [2.24, 2.45) is 11.8 Å². The molecule has 0 fully saturated rings. The van der Waals surface area contributed by atoms with Crippen LogP contribution < -0.4 is 0 Å². The number of carbonyl (C=O) groups excluding carboxylic acids is 2. The Morgan fingerprint density at radius 2 is 0.700 bits per heavy atom. The Morgan fingerprint density at radius 1 is 0.386 bits per heavy atom. The van der Waals surface area contributed by atoms with Crippen molar-refractivity contribution < 1.29 is 29.3 Å². The fourth-order valence-corrected chi connectivity index (χ4v) is 10.3. The average Bonchev–Trinajstić information content (AvgIpc) is 3.36. The summed E-state index contributed by atoms with van der Waals surface area (Å²) in [6.07, 6.45) is 49.5. The zero-order valence-electron chi connectivity index (χ0n) is 47.6. The second kappa shape index (κ2) is 53.8. The van der Waals surface area contributed by atoms with Gasteiger partial charge in [-0.2, -0.15) is 0 Å². The predicted molar refractivity (Wildman–Crippen MR) is 303 cm³/mol. The molecule has 0 heterocycles. The molecule has 2 N–H and O–H groups in total. The van der Waals surface area contributed by atoms with Gasteiger partial charge < -0.3 is 9.47 Å². The Kier molecular flexibility index (Phi) is 52.7. The van der Waals surface area contributed by atoms with Gasteiger partial charge in [-0.05, 0) is 50.4 Å². The molecule has 1 radical (unpaired) electrons. The summed E-state index contributed by atoms with van der Waals surface area (Å²) in [5.74, 6) is 1.05. The van der Waals surface area contributed by atoms with Crippen LogP contribution >= 0.6 is 0 Å². The van der Waals surface area contributed by atoms with Crippen LogP contribution in [0.5, 0.6) is 0 Å². The molecule has 0 aromatic carbocycles. The third kappa shape index (κ3) is 44.1. The summed E-state index contributed by atoms with van der Waals surface area (Å²) in [5.41, 5.74) is 0.778. The Labute approximate surface area is 437 Å². The van der Waals surface area contributed by atoms with Gasteiger partial charge in [0.2, 0.25) is 0 Å². The number of aliphatic hydroxyl groups is 2. The molecule has 0 aromatic heterocycles. The van der Waals surface area contributed by atoms with Crippen molar-refractivity contribution in [3.05, 3.63) is 0 Å². The number of esters is 2. The first-order valence-corrected chi connectivity index (χ1v) is 30.9. The molecule has 9 heteroatoms. The first-order valence-electron chi connectivity index (χ1n) is 30.9. The van der Waals surface area contributed by atoms with E-state index in [0.717, 1.165) is 57.1 Å². The molecule has 0 spiro atoms. The van der Waals surface area contributed by atoms with E-state index in [1.807, 2.05) is 4.90 Å².